The lowest BCUT2D eigenvalue weighted by Gasteiger charge is -2.33. The molecule has 1 N–H and O–H groups in total. The summed E-state index contributed by atoms with van der Waals surface area (Å²) in [5, 5.41) is 3.49. The van der Waals surface area contributed by atoms with Gasteiger partial charge in [0.2, 0.25) is 0 Å². The smallest absolute Gasteiger partial charge is 0.127 e. The second kappa shape index (κ2) is 7.84. The summed E-state index contributed by atoms with van der Waals surface area (Å²) in [6.07, 6.45) is 5.24. The Bertz CT molecular complexity index is 443. The van der Waals surface area contributed by atoms with Crippen LogP contribution in [0.5, 0.6) is 5.75 Å². The van der Waals surface area contributed by atoms with E-state index in [1.807, 2.05) is 0 Å². The van der Waals surface area contributed by atoms with Crippen molar-refractivity contribution >= 4 is 0 Å². The minimum atomic E-state index is 0.391. The summed E-state index contributed by atoms with van der Waals surface area (Å²) >= 11 is 0. The maximum absolute atomic E-state index is 6.43. The minimum absolute atomic E-state index is 0.391. The topological polar surface area (TPSA) is 21.3 Å². The van der Waals surface area contributed by atoms with Crippen LogP contribution in [0.4, 0.5) is 0 Å². The molecule has 0 saturated heterocycles. The van der Waals surface area contributed by atoms with Gasteiger partial charge in [0.25, 0.3) is 0 Å². The third kappa shape index (κ3) is 4.47. The van der Waals surface area contributed by atoms with E-state index in [0.717, 1.165) is 30.7 Å². The zero-order chi connectivity index (χ0) is 15.2. The SMILES string of the molecule is CCCNCc1cccc(C)c1OC1CCC(C)C(C)C1. The highest BCUT2D eigenvalue weighted by Gasteiger charge is 2.26. The van der Waals surface area contributed by atoms with Gasteiger partial charge < -0.3 is 10.1 Å². The molecule has 3 atom stereocenters. The van der Waals surface area contributed by atoms with Crippen molar-refractivity contribution in [3.05, 3.63) is 29.3 Å². The Morgan fingerprint density at radius 3 is 2.71 bits per heavy atom. The van der Waals surface area contributed by atoms with E-state index in [1.165, 1.54) is 36.8 Å². The molecule has 21 heavy (non-hydrogen) atoms. The average Bonchev–Trinajstić information content (AvgIpc) is 2.46. The van der Waals surface area contributed by atoms with Gasteiger partial charge in [0, 0.05) is 12.1 Å². The molecule has 2 heteroatoms. The van der Waals surface area contributed by atoms with Crippen LogP contribution in [0.2, 0.25) is 0 Å². The number of benzene rings is 1. The van der Waals surface area contributed by atoms with Crippen LogP contribution in [0, 0.1) is 18.8 Å². The number of hydrogen-bond acceptors (Lipinski definition) is 2. The van der Waals surface area contributed by atoms with Gasteiger partial charge >= 0.3 is 0 Å². The highest BCUT2D eigenvalue weighted by molar-refractivity contribution is 5.41. The predicted molar refractivity (Wildman–Crippen MR) is 89.8 cm³/mol. The van der Waals surface area contributed by atoms with E-state index in [9.17, 15) is 0 Å². The molecule has 1 fully saturated rings. The fourth-order valence-electron chi connectivity index (χ4n) is 3.19. The summed E-state index contributed by atoms with van der Waals surface area (Å²) in [5.41, 5.74) is 2.56. The fraction of sp³-hybridized carbons (Fsp3) is 0.684. The second-order valence-corrected chi connectivity index (χ2v) is 6.75. The van der Waals surface area contributed by atoms with Gasteiger partial charge in [-0.15, -0.1) is 0 Å². The highest BCUT2D eigenvalue weighted by atomic mass is 16.5. The standard InChI is InChI=1S/C19H31NO/c1-5-11-20-13-17-8-6-7-15(3)19(17)21-18-10-9-14(2)16(4)12-18/h6-8,14,16,18,20H,5,9-13H2,1-4H3. The Balaban J connectivity index is 2.04. The normalized spacial score (nSPS) is 25.8. The molecule has 2 nitrogen and oxygen atoms in total. The van der Waals surface area contributed by atoms with Crippen LogP contribution < -0.4 is 10.1 Å². The van der Waals surface area contributed by atoms with E-state index in [4.69, 9.17) is 4.74 Å². The summed E-state index contributed by atoms with van der Waals surface area (Å²) in [6, 6.07) is 6.49. The zero-order valence-corrected chi connectivity index (χ0v) is 14.1. The maximum Gasteiger partial charge on any atom is 0.127 e. The summed E-state index contributed by atoms with van der Waals surface area (Å²) in [7, 11) is 0. The third-order valence-corrected chi connectivity index (χ3v) is 4.87. The van der Waals surface area contributed by atoms with Crippen LogP contribution >= 0.6 is 0 Å². The van der Waals surface area contributed by atoms with E-state index in [0.29, 0.717) is 6.10 Å². The van der Waals surface area contributed by atoms with Crippen LogP contribution in [0.25, 0.3) is 0 Å². The van der Waals surface area contributed by atoms with Crippen LogP contribution in [-0.2, 0) is 6.54 Å². The monoisotopic (exact) mass is 289 g/mol. The molecule has 1 aromatic rings. The summed E-state index contributed by atoms with van der Waals surface area (Å²) in [4.78, 5) is 0. The number of nitrogens with one attached hydrogen (secondary N) is 1. The number of para-hydroxylation sites is 1. The van der Waals surface area contributed by atoms with Gasteiger partial charge in [-0.05, 0) is 56.6 Å². The van der Waals surface area contributed by atoms with E-state index in [1.54, 1.807) is 0 Å². The highest BCUT2D eigenvalue weighted by Crippen LogP contribution is 2.33. The first-order valence-electron chi connectivity index (χ1n) is 8.57. The molecule has 0 aliphatic heterocycles. The first-order valence-corrected chi connectivity index (χ1v) is 8.57. The van der Waals surface area contributed by atoms with E-state index >= 15 is 0 Å². The quantitative estimate of drug-likeness (QED) is 0.767. The van der Waals surface area contributed by atoms with Crippen molar-refractivity contribution in [1.29, 1.82) is 0 Å². The van der Waals surface area contributed by atoms with Crippen LogP contribution in [0.1, 0.15) is 57.6 Å². The summed E-state index contributed by atoms with van der Waals surface area (Å²) < 4.78 is 6.43. The lowest BCUT2D eigenvalue weighted by atomic mass is 9.80. The molecule has 0 amide bonds. The van der Waals surface area contributed by atoms with Crippen LogP contribution in [0.15, 0.2) is 18.2 Å². The molecule has 0 heterocycles. The molecule has 2 rings (SSSR count). The van der Waals surface area contributed by atoms with Gasteiger partial charge in [0.15, 0.2) is 0 Å². The van der Waals surface area contributed by atoms with Crippen molar-refractivity contribution in [2.75, 3.05) is 6.54 Å². The van der Waals surface area contributed by atoms with E-state index < -0.39 is 0 Å². The molecule has 3 unspecified atom stereocenters. The van der Waals surface area contributed by atoms with Crippen LogP contribution in [-0.4, -0.2) is 12.6 Å². The molecule has 118 valence electrons. The van der Waals surface area contributed by atoms with Gasteiger partial charge in [0.1, 0.15) is 5.75 Å². The van der Waals surface area contributed by atoms with E-state index in [-0.39, 0.29) is 0 Å². The van der Waals surface area contributed by atoms with Crippen molar-refractivity contribution in [3.63, 3.8) is 0 Å². The Morgan fingerprint density at radius 2 is 2.00 bits per heavy atom. The Morgan fingerprint density at radius 1 is 1.19 bits per heavy atom. The average molecular weight is 289 g/mol. The third-order valence-electron chi connectivity index (χ3n) is 4.87. The molecule has 0 bridgehead atoms. The van der Waals surface area contributed by atoms with Gasteiger partial charge in [0.05, 0.1) is 6.10 Å². The van der Waals surface area contributed by atoms with Gasteiger partial charge in [-0.25, -0.2) is 0 Å². The lowest BCUT2D eigenvalue weighted by Crippen LogP contribution is -2.29. The molecule has 1 aliphatic rings. The molecule has 1 aliphatic carbocycles. The van der Waals surface area contributed by atoms with Gasteiger partial charge in [-0.3, -0.25) is 0 Å². The molecular weight excluding hydrogens is 258 g/mol. The maximum atomic E-state index is 6.43. The molecule has 0 radical (unpaired) electrons. The van der Waals surface area contributed by atoms with Crippen molar-refractivity contribution < 1.29 is 4.74 Å². The summed E-state index contributed by atoms with van der Waals surface area (Å²) in [5.74, 6) is 2.73. The zero-order valence-electron chi connectivity index (χ0n) is 14.1. The lowest BCUT2D eigenvalue weighted by molar-refractivity contribution is 0.0989. The van der Waals surface area contributed by atoms with E-state index in [2.05, 4.69) is 51.2 Å². The van der Waals surface area contributed by atoms with Gasteiger partial charge in [-0.2, -0.15) is 0 Å². The number of aryl methyl sites for hydroxylation is 1. The molecular formula is C19H31NO. The Kier molecular flexibility index (Phi) is 6.10. The van der Waals surface area contributed by atoms with Crippen molar-refractivity contribution in [2.45, 2.75) is 66.0 Å². The number of rotatable bonds is 6. The van der Waals surface area contributed by atoms with Crippen molar-refractivity contribution in [1.82, 2.24) is 5.32 Å². The molecule has 0 aromatic heterocycles. The Labute approximate surface area is 130 Å². The number of hydrogen-bond donors (Lipinski definition) is 1. The largest absolute Gasteiger partial charge is 0.490 e. The minimum Gasteiger partial charge on any atom is -0.490 e. The Hall–Kier alpha value is -1.02. The van der Waals surface area contributed by atoms with Gasteiger partial charge in [-0.1, -0.05) is 39.0 Å². The first-order chi connectivity index (χ1) is 10.1. The fourth-order valence-corrected chi connectivity index (χ4v) is 3.19. The summed E-state index contributed by atoms with van der Waals surface area (Å²) in [6.45, 7) is 11.1. The molecule has 1 saturated carbocycles. The van der Waals surface area contributed by atoms with Crippen molar-refractivity contribution in [2.24, 2.45) is 11.8 Å². The van der Waals surface area contributed by atoms with Crippen molar-refractivity contribution in [3.8, 4) is 5.75 Å². The molecule has 1 aromatic carbocycles. The molecule has 0 spiro atoms. The predicted octanol–water partition coefficient (Wildman–Crippen LogP) is 4.70. The number of ether oxygens (including phenoxy) is 1. The van der Waals surface area contributed by atoms with Crippen LogP contribution in [0.3, 0.4) is 0 Å². The first kappa shape index (κ1) is 16.4. The second-order valence-electron chi connectivity index (χ2n) is 6.75.